The molecule has 144 valence electrons. The van der Waals surface area contributed by atoms with Gasteiger partial charge < -0.3 is 10.6 Å². The van der Waals surface area contributed by atoms with Gasteiger partial charge in [-0.05, 0) is 23.8 Å². The molecule has 28 heavy (non-hydrogen) atoms. The first-order valence-corrected chi connectivity index (χ1v) is 10.3. The van der Waals surface area contributed by atoms with Gasteiger partial charge in [0, 0.05) is 55.6 Å². The third kappa shape index (κ3) is 4.62. The Kier molecular flexibility index (Phi) is 6.06. The van der Waals surface area contributed by atoms with Crippen molar-refractivity contribution in [2.75, 3.05) is 19.6 Å². The lowest BCUT2D eigenvalue weighted by Crippen LogP contribution is -2.45. The van der Waals surface area contributed by atoms with E-state index in [4.69, 9.17) is 4.98 Å². The van der Waals surface area contributed by atoms with Gasteiger partial charge in [0.1, 0.15) is 5.01 Å². The van der Waals surface area contributed by atoms with Crippen LogP contribution in [0.3, 0.4) is 0 Å². The van der Waals surface area contributed by atoms with Crippen LogP contribution in [0.2, 0.25) is 0 Å². The Bertz CT molecular complexity index is 899. The van der Waals surface area contributed by atoms with Gasteiger partial charge in [0.15, 0.2) is 0 Å². The number of benzene rings is 1. The number of pyridine rings is 1. The summed E-state index contributed by atoms with van der Waals surface area (Å²) in [7, 11) is 0. The van der Waals surface area contributed by atoms with E-state index in [-0.39, 0.29) is 5.91 Å². The molecule has 1 fully saturated rings. The standard InChI is InChI=1S/C21H23N5OS/c27-21(16-5-2-1-3-6-16)24-13-20-25-18(15-28-20)14-26-10-9-23-12-19(26)17-7-4-8-22-11-17/h1-8,11,15,19,23H,9-10,12-14H2,(H,24,27). The van der Waals surface area contributed by atoms with Gasteiger partial charge in [-0.15, -0.1) is 11.3 Å². The minimum absolute atomic E-state index is 0.0731. The number of carbonyl (C=O) groups excluding carboxylic acids is 1. The Morgan fingerprint density at radius 2 is 2.14 bits per heavy atom. The number of aromatic nitrogens is 2. The average Bonchev–Trinajstić information content (AvgIpc) is 3.21. The topological polar surface area (TPSA) is 70.2 Å². The second-order valence-electron chi connectivity index (χ2n) is 6.76. The van der Waals surface area contributed by atoms with E-state index in [2.05, 4.69) is 32.0 Å². The molecule has 3 aromatic rings. The molecule has 1 aliphatic rings. The molecule has 1 aromatic carbocycles. The highest BCUT2D eigenvalue weighted by Crippen LogP contribution is 2.24. The van der Waals surface area contributed by atoms with Crippen molar-refractivity contribution in [1.82, 2.24) is 25.5 Å². The van der Waals surface area contributed by atoms with Crippen LogP contribution in [0.25, 0.3) is 0 Å². The zero-order valence-electron chi connectivity index (χ0n) is 15.5. The first-order valence-electron chi connectivity index (χ1n) is 9.41. The minimum atomic E-state index is -0.0731. The molecule has 3 heterocycles. The molecule has 1 aliphatic heterocycles. The summed E-state index contributed by atoms with van der Waals surface area (Å²) >= 11 is 1.59. The molecule has 0 saturated carbocycles. The fraction of sp³-hybridized carbons (Fsp3) is 0.286. The average molecular weight is 394 g/mol. The largest absolute Gasteiger partial charge is 0.346 e. The highest BCUT2D eigenvalue weighted by molar-refractivity contribution is 7.09. The van der Waals surface area contributed by atoms with E-state index >= 15 is 0 Å². The maximum Gasteiger partial charge on any atom is 0.251 e. The molecule has 0 spiro atoms. The maximum atomic E-state index is 12.2. The van der Waals surface area contributed by atoms with Crippen LogP contribution in [0.5, 0.6) is 0 Å². The molecule has 4 rings (SSSR count). The molecule has 2 N–H and O–H groups in total. The number of carbonyl (C=O) groups is 1. The van der Waals surface area contributed by atoms with Gasteiger partial charge in [0.25, 0.3) is 5.91 Å². The molecule has 2 aromatic heterocycles. The first kappa shape index (κ1) is 18.7. The summed E-state index contributed by atoms with van der Waals surface area (Å²) < 4.78 is 0. The van der Waals surface area contributed by atoms with Crippen molar-refractivity contribution in [3.05, 3.63) is 82.1 Å². The summed E-state index contributed by atoms with van der Waals surface area (Å²) in [6.07, 6.45) is 3.75. The number of amides is 1. The van der Waals surface area contributed by atoms with Crippen LogP contribution in [0.15, 0.2) is 60.2 Å². The summed E-state index contributed by atoms with van der Waals surface area (Å²) in [5.41, 5.74) is 2.93. The van der Waals surface area contributed by atoms with Gasteiger partial charge in [-0.1, -0.05) is 24.3 Å². The summed E-state index contributed by atoms with van der Waals surface area (Å²) in [5, 5.41) is 9.42. The van der Waals surface area contributed by atoms with Crippen molar-refractivity contribution < 1.29 is 4.79 Å². The second kappa shape index (κ2) is 9.05. The van der Waals surface area contributed by atoms with Crippen LogP contribution in [0.4, 0.5) is 0 Å². The van der Waals surface area contributed by atoms with Gasteiger partial charge in [-0.2, -0.15) is 0 Å². The van der Waals surface area contributed by atoms with E-state index in [0.717, 1.165) is 36.9 Å². The van der Waals surface area contributed by atoms with E-state index in [1.54, 1.807) is 17.5 Å². The first-order chi connectivity index (χ1) is 13.8. The quantitative estimate of drug-likeness (QED) is 0.674. The van der Waals surface area contributed by atoms with E-state index in [0.29, 0.717) is 18.2 Å². The number of rotatable bonds is 6. The zero-order valence-corrected chi connectivity index (χ0v) is 16.4. The smallest absolute Gasteiger partial charge is 0.251 e. The molecule has 7 heteroatoms. The number of piperazine rings is 1. The van der Waals surface area contributed by atoms with E-state index in [1.807, 2.05) is 42.6 Å². The molecule has 6 nitrogen and oxygen atoms in total. The highest BCUT2D eigenvalue weighted by atomic mass is 32.1. The van der Waals surface area contributed by atoms with E-state index in [1.165, 1.54) is 5.56 Å². The monoisotopic (exact) mass is 393 g/mol. The molecule has 1 unspecified atom stereocenters. The number of hydrogen-bond acceptors (Lipinski definition) is 6. The van der Waals surface area contributed by atoms with Crippen molar-refractivity contribution in [1.29, 1.82) is 0 Å². The number of thiazole rings is 1. The predicted molar refractivity (Wildman–Crippen MR) is 110 cm³/mol. The van der Waals surface area contributed by atoms with Crippen molar-refractivity contribution in [2.45, 2.75) is 19.1 Å². The Morgan fingerprint density at radius 3 is 2.96 bits per heavy atom. The summed E-state index contributed by atoms with van der Waals surface area (Å²) in [6, 6.07) is 13.7. The van der Waals surface area contributed by atoms with Crippen LogP contribution >= 0.6 is 11.3 Å². The molecule has 0 aliphatic carbocycles. The van der Waals surface area contributed by atoms with Gasteiger partial charge in [0.05, 0.1) is 12.2 Å². The van der Waals surface area contributed by atoms with Crippen molar-refractivity contribution >= 4 is 17.2 Å². The number of hydrogen-bond donors (Lipinski definition) is 2. The molecule has 0 radical (unpaired) electrons. The van der Waals surface area contributed by atoms with Crippen LogP contribution in [0, 0.1) is 0 Å². The third-order valence-corrected chi connectivity index (χ3v) is 5.72. The van der Waals surface area contributed by atoms with Crippen LogP contribution in [-0.2, 0) is 13.1 Å². The molecule has 1 atom stereocenters. The SMILES string of the molecule is O=C(NCc1nc(CN2CCNCC2c2cccnc2)cs1)c1ccccc1. The lowest BCUT2D eigenvalue weighted by Gasteiger charge is -2.35. The lowest BCUT2D eigenvalue weighted by molar-refractivity contribution is 0.0951. The fourth-order valence-electron chi connectivity index (χ4n) is 3.40. The van der Waals surface area contributed by atoms with E-state index in [9.17, 15) is 4.79 Å². The van der Waals surface area contributed by atoms with Gasteiger partial charge in [-0.25, -0.2) is 4.98 Å². The molecule has 0 bridgehead atoms. The summed E-state index contributed by atoms with van der Waals surface area (Å²) in [4.78, 5) is 23.6. The molecule has 1 amide bonds. The van der Waals surface area contributed by atoms with Gasteiger partial charge >= 0.3 is 0 Å². The van der Waals surface area contributed by atoms with Crippen molar-refractivity contribution in [3.63, 3.8) is 0 Å². The summed E-state index contributed by atoms with van der Waals surface area (Å²) in [5.74, 6) is -0.0731. The Labute approximate surface area is 168 Å². The Balaban J connectivity index is 1.36. The molecular weight excluding hydrogens is 370 g/mol. The van der Waals surface area contributed by atoms with Gasteiger partial charge in [0.2, 0.25) is 0 Å². The fourth-order valence-corrected chi connectivity index (χ4v) is 4.12. The van der Waals surface area contributed by atoms with Gasteiger partial charge in [-0.3, -0.25) is 14.7 Å². The lowest BCUT2D eigenvalue weighted by atomic mass is 10.1. The Hall–Kier alpha value is -2.61. The Morgan fingerprint density at radius 1 is 1.25 bits per heavy atom. The number of nitrogens with zero attached hydrogens (tertiary/aromatic N) is 3. The molecule has 1 saturated heterocycles. The third-order valence-electron chi connectivity index (χ3n) is 4.82. The second-order valence-corrected chi connectivity index (χ2v) is 7.70. The van der Waals surface area contributed by atoms with Crippen molar-refractivity contribution in [2.24, 2.45) is 0 Å². The van der Waals surface area contributed by atoms with Crippen LogP contribution in [-0.4, -0.2) is 40.4 Å². The highest BCUT2D eigenvalue weighted by Gasteiger charge is 2.24. The normalized spacial score (nSPS) is 17.4. The van der Waals surface area contributed by atoms with E-state index < -0.39 is 0 Å². The number of nitrogens with one attached hydrogen (secondary N) is 2. The minimum Gasteiger partial charge on any atom is -0.346 e. The van der Waals surface area contributed by atoms with Crippen LogP contribution < -0.4 is 10.6 Å². The van der Waals surface area contributed by atoms with Crippen LogP contribution in [0.1, 0.15) is 32.7 Å². The predicted octanol–water partition coefficient (Wildman–Crippen LogP) is 2.61. The maximum absolute atomic E-state index is 12.2. The summed E-state index contributed by atoms with van der Waals surface area (Å²) in [6.45, 7) is 4.10. The molecular formula is C21H23N5OS. The zero-order chi connectivity index (χ0) is 19.2. The van der Waals surface area contributed by atoms with Crippen molar-refractivity contribution in [3.8, 4) is 0 Å².